The molecule has 2 unspecified atom stereocenters. The first-order chi connectivity index (χ1) is 7.91. The first-order valence-electron chi connectivity index (χ1n) is 6.65. The van der Waals surface area contributed by atoms with Crippen molar-refractivity contribution in [1.29, 1.82) is 0 Å². The van der Waals surface area contributed by atoms with Crippen LogP contribution < -0.4 is 0 Å². The van der Waals surface area contributed by atoms with Crippen LogP contribution in [0.1, 0.15) is 53.4 Å². The average molecular weight is 236 g/mol. The molecule has 2 nitrogen and oxygen atoms in total. The molecule has 0 radical (unpaired) electrons. The molecule has 0 aliphatic heterocycles. The number of hydrogen-bond donors (Lipinski definition) is 0. The third-order valence-electron chi connectivity index (χ3n) is 3.82. The van der Waals surface area contributed by atoms with Crippen LogP contribution in [-0.2, 0) is 9.59 Å². The SMILES string of the molecule is CC(=O)CCC1C(=O)C=C(C(C)C)CCC1C. The van der Waals surface area contributed by atoms with E-state index in [-0.39, 0.29) is 17.5 Å². The molecular weight excluding hydrogens is 212 g/mol. The molecular formula is C15H24O2. The topological polar surface area (TPSA) is 34.1 Å². The zero-order valence-electron chi connectivity index (χ0n) is 11.5. The fraction of sp³-hybridized carbons (Fsp3) is 0.733. The molecule has 1 aliphatic rings. The largest absolute Gasteiger partial charge is 0.300 e. The van der Waals surface area contributed by atoms with Gasteiger partial charge in [-0.3, -0.25) is 4.79 Å². The Morgan fingerprint density at radius 1 is 1.47 bits per heavy atom. The van der Waals surface area contributed by atoms with Gasteiger partial charge in [0.1, 0.15) is 5.78 Å². The van der Waals surface area contributed by atoms with Gasteiger partial charge in [-0.25, -0.2) is 0 Å². The summed E-state index contributed by atoms with van der Waals surface area (Å²) in [7, 11) is 0. The van der Waals surface area contributed by atoms with Crippen LogP contribution in [0.3, 0.4) is 0 Å². The molecule has 0 amide bonds. The molecule has 0 bridgehead atoms. The molecule has 96 valence electrons. The van der Waals surface area contributed by atoms with Crippen molar-refractivity contribution < 1.29 is 9.59 Å². The number of carbonyl (C=O) groups is 2. The minimum absolute atomic E-state index is 0.0511. The highest BCUT2D eigenvalue weighted by molar-refractivity contribution is 5.93. The summed E-state index contributed by atoms with van der Waals surface area (Å²) in [6, 6.07) is 0. The molecule has 1 aliphatic carbocycles. The van der Waals surface area contributed by atoms with Crippen LogP contribution in [0.5, 0.6) is 0 Å². The van der Waals surface area contributed by atoms with Gasteiger partial charge in [0.15, 0.2) is 5.78 Å². The van der Waals surface area contributed by atoms with E-state index in [0.717, 1.165) is 19.3 Å². The van der Waals surface area contributed by atoms with Gasteiger partial charge >= 0.3 is 0 Å². The summed E-state index contributed by atoms with van der Waals surface area (Å²) < 4.78 is 0. The molecule has 0 spiro atoms. The summed E-state index contributed by atoms with van der Waals surface area (Å²) in [5.74, 6) is 1.32. The molecule has 1 rings (SSSR count). The van der Waals surface area contributed by atoms with Gasteiger partial charge in [0.2, 0.25) is 0 Å². The number of carbonyl (C=O) groups excluding carboxylic acids is 2. The van der Waals surface area contributed by atoms with Crippen molar-refractivity contribution in [2.24, 2.45) is 17.8 Å². The molecule has 0 saturated heterocycles. The second-order valence-corrected chi connectivity index (χ2v) is 5.64. The smallest absolute Gasteiger partial charge is 0.159 e. The van der Waals surface area contributed by atoms with Crippen LogP contribution in [-0.4, -0.2) is 11.6 Å². The Balaban J connectivity index is 2.75. The van der Waals surface area contributed by atoms with E-state index in [4.69, 9.17) is 0 Å². The monoisotopic (exact) mass is 236 g/mol. The molecule has 2 heteroatoms. The molecule has 0 aromatic heterocycles. The minimum atomic E-state index is 0.0511. The number of rotatable bonds is 4. The maximum atomic E-state index is 12.2. The van der Waals surface area contributed by atoms with Crippen LogP contribution in [0.2, 0.25) is 0 Å². The van der Waals surface area contributed by atoms with Crippen molar-refractivity contribution in [1.82, 2.24) is 0 Å². The Kier molecular flexibility index (Phi) is 5.10. The van der Waals surface area contributed by atoms with E-state index in [1.165, 1.54) is 5.57 Å². The lowest BCUT2D eigenvalue weighted by molar-refractivity contribution is -0.120. The lowest BCUT2D eigenvalue weighted by Crippen LogP contribution is -2.20. The van der Waals surface area contributed by atoms with Gasteiger partial charge in [-0.2, -0.15) is 0 Å². The molecule has 0 aromatic carbocycles. The van der Waals surface area contributed by atoms with Crippen molar-refractivity contribution >= 4 is 11.6 Å². The normalized spacial score (nSPS) is 25.7. The van der Waals surface area contributed by atoms with Crippen molar-refractivity contribution in [3.63, 3.8) is 0 Å². The minimum Gasteiger partial charge on any atom is -0.300 e. The first kappa shape index (κ1) is 14.1. The molecule has 0 saturated carbocycles. The van der Waals surface area contributed by atoms with E-state index < -0.39 is 0 Å². The second-order valence-electron chi connectivity index (χ2n) is 5.64. The molecule has 0 N–H and O–H groups in total. The molecule has 2 atom stereocenters. The third-order valence-corrected chi connectivity index (χ3v) is 3.82. The maximum Gasteiger partial charge on any atom is 0.159 e. The molecule has 0 heterocycles. The highest BCUT2D eigenvalue weighted by Gasteiger charge is 2.27. The predicted molar refractivity (Wildman–Crippen MR) is 69.7 cm³/mol. The van der Waals surface area contributed by atoms with Crippen LogP contribution in [0.15, 0.2) is 11.6 Å². The number of ketones is 2. The van der Waals surface area contributed by atoms with Crippen molar-refractivity contribution in [3.05, 3.63) is 11.6 Å². The van der Waals surface area contributed by atoms with Crippen molar-refractivity contribution in [3.8, 4) is 0 Å². The van der Waals surface area contributed by atoms with Gasteiger partial charge in [0.25, 0.3) is 0 Å². The lowest BCUT2D eigenvalue weighted by Gasteiger charge is -2.18. The molecule has 17 heavy (non-hydrogen) atoms. The Labute approximate surface area is 104 Å². The van der Waals surface area contributed by atoms with Crippen LogP contribution in [0, 0.1) is 17.8 Å². The predicted octanol–water partition coefficient (Wildman–Crippen LogP) is 3.55. The zero-order chi connectivity index (χ0) is 13.0. The van der Waals surface area contributed by atoms with Gasteiger partial charge in [0.05, 0.1) is 0 Å². The summed E-state index contributed by atoms with van der Waals surface area (Å²) in [6.45, 7) is 8.01. The highest BCUT2D eigenvalue weighted by atomic mass is 16.1. The van der Waals surface area contributed by atoms with Crippen LogP contribution >= 0.6 is 0 Å². The maximum absolute atomic E-state index is 12.2. The number of allylic oxidation sites excluding steroid dienone is 2. The number of Topliss-reactive ketones (excluding diaryl/α,β-unsaturated/α-hetero) is 1. The summed E-state index contributed by atoms with van der Waals surface area (Å²) in [6.07, 6.45) is 5.20. The van der Waals surface area contributed by atoms with E-state index in [9.17, 15) is 9.59 Å². The van der Waals surface area contributed by atoms with Crippen molar-refractivity contribution in [2.45, 2.75) is 53.4 Å². The van der Waals surface area contributed by atoms with E-state index in [1.807, 2.05) is 6.08 Å². The van der Waals surface area contributed by atoms with E-state index in [0.29, 0.717) is 18.3 Å². The van der Waals surface area contributed by atoms with E-state index >= 15 is 0 Å². The van der Waals surface area contributed by atoms with Gasteiger partial charge < -0.3 is 4.79 Å². The first-order valence-corrected chi connectivity index (χ1v) is 6.65. The Morgan fingerprint density at radius 3 is 2.65 bits per heavy atom. The second kappa shape index (κ2) is 6.13. The highest BCUT2D eigenvalue weighted by Crippen LogP contribution is 2.31. The average Bonchev–Trinajstić information content (AvgIpc) is 2.36. The van der Waals surface area contributed by atoms with E-state index in [2.05, 4.69) is 20.8 Å². The fourth-order valence-corrected chi connectivity index (χ4v) is 2.48. The Bertz CT molecular complexity index is 326. The van der Waals surface area contributed by atoms with Gasteiger partial charge in [0, 0.05) is 12.3 Å². The Hall–Kier alpha value is -0.920. The third kappa shape index (κ3) is 4.10. The van der Waals surface area contributed by atoms with Crippen LogP contribution in [0.25, 0.3) is 0 Å². The van der Waals surface area contributed by atoms with Crippen molar-refractivity contribution in [2.75, 3.05) is 0 Å². The fourth-order valence-electron chi connectivity index (χ4n) is 2.48. The summed E-state index contributed by atoms with van der Waals surface area (Å²) in [5.41, 5.74) is 1.27. The molecule has 0 aromatic rings. The quantitative estimate of drug-likeness (QED) is 0.748. The standard InChI is InChI=1S/C15H24O2/c1-10(2)13-7-5-11(3)14(15(17)9-13)8-6-12(4)16/h9-11,14H,5-8H2,1-4H3. The number of hydrogen-bond acceptors (Lipinski definition) is 2. The lowest BCUT2D eigenvalue weighted by atomic mass is 9.84. The molecule has 0 fully saturated rings. The van der Waals surface area contributed by atoms with Gasteiger partial charge in [-0.05, 0) is 44.1 Å². The van der Waals surface area contributed by atoms with Gasteiger partial charge in [-0.1, -0.05) is 26.3 Å². The summed E-state index contributed by atoms with van der Waals surface area (Å²) in [5, 5.41) is 0. The summed E-state index contributed by atoms with van der Waals surface area (Å²) in [4.78, 5) is 23.2. The van der Waals surface area contributed by atoms with Crippen LogP contribution in [0.4, 0.5) is 0 Å². The zero-order valence-corrected chi connectivity index (χ0v) is 11.5. The Morgan fingerprint density at radius 2 is 2.12 bits per heavy atom. The van der Waals surface area contributed by atoms with E-state index in [1.54, 1.807) is 6.92 Å². The van der Waals surface area contributed by atoms with Gasteiger partial charge in [-0.15, -0.1) is 0 Å². The summed E-state index contributed by atoms with van der Waals surface area (Å²) >= 11 is 0.